The van der Waals surface area contributed by atoms with Crippen molar-refractivity contribution in [2.75, 3.05) is 5.75 Å². The molecule has 0 saturated heterocycles. The van der Waals surface area contributed by atoms with E-state index in [4.69, 9.17) is 0 Å². The van der Waals surface area contributed by atoms with Gasteiger partial charge < -0.3 is 9.11 Å². The van der Waals surface area contributed by atoms with Gasteiger partial charge in [-0.25, -0.2) is 16.8 Å². The van der Waals surface area contributed by atoms with E-state index in [1.54, 1.807) is 0 Å². The summed E-state index contributed by atoms with van der Waals surface area (Å²) in [6, 6.07) is 0. The number of rotatable bonds is 16. The minimum absolute atomic E-state index is 0. The predicted octanol–water partition coefficient (Wildman–Crippen LogP) is -2.33. The third kappa shape index (κ3) is 30.3. The third-order valence-electron chi connectivity index (χ3n) is 3.78. The zero-order chi connectivity index (χ0) is 18.3. The fourth-order valence-electron chi connectivity index (χ4n) is 2.49. The first-order chi connectivity index (χ1) is 11.2. The fourth-order valence-corrected chi connectivity index (χ4v) is 3.42. The Hall–Kier alpha value is 1.56. The summed E-state index contributed by atoms with van der Waals surface area (Å²) in [7, 11) is -8.26. The van der Waals surface area contributed by atoms with Crippen molar-refractivity contribution in [3.63, 3.8) is 0 Å². The molecule has 0 aliphatic heterocycles. The van der Waals surface area contributed by atoms with Gasteiger partial charge in [-0.3, -0.25) is 0 Å². The number of hydrogen-bond acceptors (Lipinski definition) is 6. The van der Waals surface area contributed by atoms with Gasteiger partial charge in [-0.1, -0.05) is 70.3 Å². The number of hydrogen-bond donors (Lipinski definition) is 0. The molecule has 0 spiro atoms. The maximum Gasteiger partial charge on any atom is 1.00 e. The van der Waals surface area contributed by atoms with Crippen molar-refractivity contribution < 1.29 is 85.1 Å². The molecule has 10 heteroatoms. The Labute approximate surface area is 204 Å². The van der Waals surface area contributed by atoms with Gasteiger partial charge in [-0.15, -0.1) is 0 Å². The summed E-state index contributed by atoms with van der Waals surface area (Å²) in [6.07, 6.45) is 14.4. The van der Waals surface area contributed by atoms with Crippen LogP contribution < -0.4 is 59.1 Å². The molecule has 0 fully saturated rings. The minimum atomic E-state index is -4.22. The molecule has 0 aromatic heterocycles. The Balaban J connectivity index is -0.00000264. The largest absolute Gasteiger partial charge is 1.00 e. The van der Waals surface area contributed by atoms with Crippen LogP contribution in [-0.4, -0.2) is 31.7 Å². The summed E-state index contributed by atoms with van der Waals surface area (Å²) in [4.78, 5) is 0. The van der Waals surface area contributed by atoms with Crippen LogP contribution in [0.2, 0.25) is 0 Å². The first-order valence-electron chi connectivity index (χ1n) is 8.77. The second-order valence-corrected chi connectivity index (χ2v) is 8.94. The molecule has 0 aliphatic rings. The van der Waals surface area contributed by atoms with Crippen LogP contribution in [0.3, 0.4) is 0 Å². The second kappa shape index (κ2) is 19.9. The first-order valence-corrected chi connectivity index (χ1v) is 11.8. The van der Waals surface area contributed by atoms with Gasteiger partial charge in [-0.2, -0.15) is 0 Å². The van der Waals surface area contributed by atoms with E-state index in [-0.39, 0.29) is 64.9 Å². The number of allylic oxidation sites excluding steroid dienone is 1. The van der Waals surface area contributed by atoms with Crippen molar-refractivity contribution in [2.24, 2.45) is 0 Å². The first kappa shape index (κ1) is 32.2. The van der Waals surface area contributed by atoms with Crippen molar-refractivity contribution in [1.29, 1.82) is 0 Å². The average molecular weight is 429 g/mol. The van der Waals surface area contributed by atoms with E-state index >= 15 is 0 Å². The summed E-state index contributed by atoms with van der Waals surface area (Å²) in [5.41, 5.74) is 0. The topological polar surface area (TPSA) is 114 Å². The van der Waals surface area contributed by atoms with E-state index in [1.165, 1.54) is 31.8 Å². The molecule has 0 aromatic carbocycles. The van der Waals surface area contributed by atoms with Crippen molar-refractivity contribution in [3.8, 4) is 0 Å². The molecule has 0 saturated carbocycles. The molecule has 0 rings (SSSR count). The van der Waals surface area contributed by atoms with E-state index in [0.717, 1.165) is 50.4 Å². The van der Waals surface area contributed by atoms with Crippen molar-refractivity contribution in [3.05, 3.63) is 11.5 Å². The molecule has 144 valence electrons. The van der Waals surface area contributed by atoms with Crippen LogP contribution >= 0.6 is 0 Å². The molecule has 0 atom stereocenters. The summed E-state index contributed by atoms with van der Waals surface area (Å²) in [6.45, 7) is 0. The van der Waals surface area contributed by atoms with Gasteiger partial charge in [0.25, 0.3) is 0 Å². The molecule has 0 aromatic rings. The Morgan fingerprint density at radius 1 is 0.577 bits per heavy atom. The zero-order valence-electron chi connectivity index (χ0n) is 16.3. The summed E-state index contributed by atoms with van der Waals surface area (Å²) >= 11 is 0. The second-order valence-electron chi connectivity index (χ2n) is 6.16. The molecule has 0 heterocycles. The Morgan fingerprint density at radius 3 is 1.27 bits per heavy atom. The summed E-state index contributed by atoms with van der Waals surface area (Å²) < 4.78 is 62.2. The zero-order valence-corrected chi connectivity index (χ0v) is 22.0. The van der Waals surface area contributed by atoms with Crippen LogP contribution in [0, 0.1) is 0 Å². The Morgan fingerprint density at radius 2 is 0.923 bits per heavy atom. The maximum absolute atomic E-state index is 10.4. The van der Waals surface area contributed by atoms with E-state index in [0.29, 0.717) is 12.8 Å². The quantitative estimate of drug-likeness (QED) is 0.155. The van der Waals surface area contributed by atoms with Crippen LogP contribution in [0.5, 0.6) is 0 Å². The van der Waals surface area contributed by atoms with Gasteiger partial charge in [0, 0.05) is 11.2 Å². The molecule has 6 nitrogen and oxygen atoms in total. The summed E-state index contributed by atoms with van der Waals surface area (Å²) in [5, 5.41) is 0.729. The molecule has 0 radical (unpaired) electrons. The monoisotopic (exact) mass is 428 g/mol. The van der Waals surface area contributed by atoms with Gasteiger partial charge in [0.2, 0.25) is 0 Å². The van der Waals surface area contributed by atoms with Gasteiger partial charge in [0.05, 0.1) is 10.1 Å². The van der Waals surface area contributed by atoms with Crippen LogP contribution in [0.15, 0.2) is 11.5 Å². The molecule has 26 heavy (non-hydrogen) atoms. The van der Waals surface area contributed by atoms with E-state index in [1.807, 2.05) is 0 Å². The van der Waals surface area contributed by atoms with Gasteiger partial charge in [0.15, 0.2) is 0 Å². The van der Waals surface area contributed by atoms with E-state index in [2.05, 4.69) is 0 Å². The van der Waals surface area contributed by atoms with E-state index in [9.17, 15) is 25.9 Å². The van der Waals surface area contributed by atoms with Crippen LogP contribution in [0.1, 0.15) is 83.5 Å². The molecule has 0 bridgehead atoms. The van der Waals surface area contributed by atoms with E-state index < -0.39 is 20.2 Å². The van der Waals surface area contributed by atoms with Gasteiger partial charge >= 0.3 is 59.1 Å². The molecule has 0 N–H and O–H groups in total. The van der Waals surface area contributed by atoms with Crippen molar-refractivity contribution >= 4 is 20.2 Å². The van der Waals surface area contributed by atoms with Crippen molar-refractivity contribution in [2.45, 2.75) is 83.5 Å². The van der Waals surface area contributed by atoms with Crippen LogP contribution in [0.25, 0.3) is 0 Å². The third-order valence-corrected chi connectivity index (χ3v) is 5.09. The Kier molecular flexibility index (Phi) is 24.6. The molecule has 0 amide bonds. The number of unbranched alkanes of at least 4 members (excludes halogenated alkanes) is 12. The molecule has 0 unspecified atom stereocenters. The minimum Gasteiger partial charge on any atom is -0.748 e. The SMILES string of the molecule is O=S(=O)([O-])C=CCCCCCCCCCCCCCCS(=O)(=O)[O-].[Na+].[Na+]. The Bertz CT molecular complexity index is 533. The van der Waals surface area contributed by atoms with Gasteiger partial charge in [0.1, 0.15) is 10.1 Å². The summed E-state index contributed by atoms with van der Waals surface area (Å²) in [5.74, 6) is -0.241. The van der Waals surface area contributed by atoms with Crippen molar-refractivity contribution in [1.82, 2.24) is 0 Å². The maximum atomic E-state index is 10.4. The molecular formula is C16H30Na2O6S2. The average Bonchev–Trinajstić information content (AvgIpc) is 2.44. The standard InChI is InChI=1S/C16H32O6S2.2Na/c17-23(18,19)15-13-11-9-7-5-3-1-2-4-6-8-10-12-14-16-24(20,21)22;;/h13,15H,1-12,14,16H2,(H,17,18,19)(H,20,21,22);;/q;2*+1/p-2. The molecular weight excluding hydrogens is 398 g/mol. The molecule has 0 aliphatic carbocycles. The predicted molar refractivity (Wildman–Crippen MR) is 93.4 cm³/mol. The smallest absolute Gasteiger partial charge is 0.748 e. The van der Waals surface area contributed by atoms with Crippen LogP contribution in [0.4, 0.5) is 0 Å². The van der Waals surface area contributed by atoms with Gasteiger partial charge in [-0.05, 0) is 19.3 Å². The fraction of sp³-hybridized carbons (Fsp3) is 0.875. The van der Waals surface area contributed by atoms with Crippen LogP contribution in [-0.2, 0) is 20.2 Å². The normalized spacial score (nSPS) is 11.9.